The van der Waals surface area contributed by atoms with Crippen LogP contribution in [0.1, 0.15) is 66.7 Å². The Morgan fingerprint density at radius 3 is 2.47 bits per heavy atom. The lowest BCUT2D eigenvalue weighted by molar-refractivity contribution is 0.0818. The number of hydrogen-bond donors (Lipinski definition) is 1. The molecule has 1 heteroatoms. The maximum atomic E-state index is 10.4. The van der Waals surface area contributed by atoms with E-state index in [2.05, 4.69) is 41.2 Å². The molecule has 100 valence electrons. The van der Waals surface area contributed by atoms with Gasteiger partial charge in [0.05, 0.1) is 6.10 Å². The topological polar surface area (TPSA) is 20.2 Å². The third-order valence-electron chi connectivity index (χ3n) is 5.37. The zero-order valence-corrected chi connectivity index (χ0v) is 12.3. The Bertz CT molecular complexity index is 279. The molecule has 1 aliphatic rings. The van der Waals surface area contributed by atoms with Crippen LogP contribution in [0.15, 0.2) is 12.2 Å². The van der Waals surface area contributed by atoms with E-state index in [1.54, 1.807) is 0 Å². The first-order chi connectivity index (χ1) is 7.73. The van der Waals surface area contributed by atoms with Crippen molar-refractivity contribution in [2.75, 3.05) is 0 Å². The summed E-state index contributed by atoms with van der Waals surface area (Å²) in [6.45, 7) is 15.5. The lowest BCUT2D eigenvalue weighted by Crippen LogP contribution is -2.31. The summed E-state index contributed by atoms with van der Waals surface area (Å²) in [6, 6.07) is 0. The van der Waals surface area contributed by atoms with Crippen molar-refractivity contribution < 1.29 is 5.11 Å². The molecule has 0 aromatic heterocycles. The molecular formula is C16H30O. The monoisotopic (exact) mass is 238 g/mol. The van der Waals surface area contributed by atoms with Gasteiger partial charge in [-0.05, 0) is 35.2 Å². The molecule has 0 saturated heterocycles. The van der Waals surface area contributed by atoms with Crippen LogP contribution in [0.4, 0.5) is 0 Å². The van der Waals surface area contributed by atoms with Crippen LogP contribution >= 0.6 is 0 Å². The van der Waals surface area contributed by atoms with Gasteiger partial charge in [0.1, 0.15) is 0 Å². The van der Waals surface area contributed by atoms with E-state index in [0.717, 1.165) is 24.8 Å². The van der Waals surface area contributed by atoms with Gasteiger partial charge in [-0.25, -0.2) is 0 Å². The Kier molecular flexibility index (Phi) is 4.46. The second-order valence-corrected chi connectivity index (χ2v) is 6.93. The van der Waals surface area contributed by atoms with Gasteiger partial charge in [0.2, 0.25) is 0 Å². The van der Waals surface area contributed by atoms with Gasteiger partial charge in [-0.2, -0.15) is 0 Å². The van der Waals surface area contributed by atoms with Crippen molar-refractivity contribution in [3.8, 4) is 0 Å². The van der Waals surface area contributed by atoms with Crippen LogP contribution in [-0.2, 0) is 0 Å². The molecule has 1 aliphatic carbocycles. The maximum Gasteiger partial charge on any atom is 0.0758 e. The molecule has 1 saturated carbocycles. The molecule has 1 nitrogen and oxygen atoms in total. The summed E-state index contributed by atoms with van der Waals surface area (Å²) >= 11 is 0. The van der Waals surface area contributed by atoms with Crippen LogP contribution in [0, 0.1) is 16.7 Å². The lowest BCUT2D eigenvalue weighted by atomic mass is 9.70. The highest BCUT2D eigenvalue weighted by atomic mass is 16.3. The summed E-state index contributed by atoms with van der Waals surface area (Å²) in [4.78, 5) is 0. The van der Waals surface area contributed by atoms with E-state index < -0.39 is 0 Å². The van der Waals surface area contributed by atoms with Gasteiger partial charge in [0.25, 0.3) is 0 Å². The SMILES string of the molecule is C=C1[C@@H](O)C[C@](C)(CC)[C@H](C)CCCC1(C)C. The van der Waals surface area contributed by atoms with Crippen molar-refractivity contribution in [3.63, 3.8) is 0 Å². The summed E-state index contributed by atoms with van der Waals surface area (Å²) in [7, 11) is 0. The normalized spacial score (nSPS) is 39.3. The molecule has 0 spiro atoms. The molecule has 1 fully saturated rings. The highest BCUT2D eigenvalue weighted by Gasteiger charge is 2.37. The Balaban J connectivity index is 2.96. The quantitative estimate of drug-likeness (QED) is 0.664. The molecule has 0 radical (unpaired) electrons. The van der Waals surface area contributed by atoms with Crippen molar-refractivity contribution in [3.05, 3.63) is 12.2 Å². The third kappa shape index (κ3) is 3.13. The fourth-order valence-electron chi connectivity index (χ4n) is 3.07. The molecule has 17 heavy (non-hydrogen) atoms. The second kappa shape index (κ2) is 5.14. The van der Waals surface area contributed by atoms with Gasteiger partial charge in [-0.15, -0.1) is 0 Å². The van der Waals surface area contributed by atoms with Crippen LogP contribution in [0.25, 0.3) is 0 Å². The summed E-state index contributed by atoms with van der Waals surface area (Å²) in [5.41, 5.74) is 1.37. The molecule has 0 heterocycles. The Morgan fingerprint density at radius 2 is 1.94 bits per heavy atom. The van der Waals surface area contributed by atoms with Crippen molar-refractivity contribution in [1.29, 1.82) is 0 Å². The first kappa shape index (κ1) is 14.8. The fourth-order valence-corrected chi connectivity index (χ4v) is 3.07. The smallest absolute Gasteiger partial charge is 0.0758 e. The fraction of sp³-hybridized carbons (Fsp3) is 0.875. The van der Waals surface area contributed by atoms with Gasteiger partial charge < -0.3 is 5.11 Å². The van der Waals surface area contributed by atoms with Gasteiger partial charge in [0.15, 0.2) is 0 Å². The summed E-state index contributed by atoms with van der Waals surface area (Å²) in [6.07, 6.45) is 5.33. The van der Waals surface area contributed by atoms with Gasteiger partial charge in [-0.3, -0.25) is 0 Å². The van der Waals surface area contributed by atoms with Gasteiger partial charge in [0, 0.05) is 0 Å². The van der Waals surface area contributed by atoms with Crippen LogP contribution in [0.5, 0.6) is 0 Å². The lowest BCUT2D eigenvalue weighted by Gasteiger charge is -2.37. The van der Waals surface area contributed by atoms with Crippen molar-refractivity contribution in [2.45, 2.75) is 72.8 Å². The minimum Gasteiger partial charge on any atom is -0.389 e. The summed E-state index contributed by atoms with van der Waals surface area (Å²) < 4.78 is 0. The first-order valence-corrected chi connectivity index (χ1v) is 7.10. The predicted octanol–water partition coefficient (Wildman–Crippen LogP) is 4.56. The van der Waals surface area contributed by atoms with E-state index in [1.807, 2.05) is 0 Å². The largest absolute Gasteiger partial charge is 0.389 e. The van der Waals surface area contributed by atoms with E-state index in [9.17, 15) is 5.11 Å². The second-order valence-electron chi connectivity index (χ2n) is 6.93. The maximum absolute atomic E-state index is 10.4. The van der Waals surface area contributed by atoms with E-state index in [0.29, 0.717) is 5.92 Å². The Morgan fingerprint density at radius 1 is 1.35 bits per heavy atom. The Hall–Kier alpha value is -0.300. The zero-order chi connectivity index (χ0) is 13.3. The summed E-state index contributed by atoms with van der Waals surface area (Å²) in [5, 5.41) is 10.4. The van der Waals surface area contributed by atoms with Crippen LogP contribution < -0.4 is 0 Å². The minimum atomic E-state index is -0.338. The number of hydrogen-bond acceptors (Lipinski definition) is 1. The average Bonchev–Trinajstić information content (AvgIpc) is 2.28. The van der Waals surface area contributed by atoms with Crippen LogP contribution in [-0.4, -0.2) is 11.2 Å². The van der Waals surface area contributed by atoms with E-state index in [-0.39, 0.29) is 16.9 Å². The molecule has 0 amide bonds. The molecule has 1 N–H and O–H groups in total. The van der Waals surface area contributed by atoms with E-state index in [4.69, 9.17) is 0 Å². The average molecular weight is 238 g/mol. The van der Waals surface area contributed by atoms with Crippen LogP contribution in [0.2, 0.25) is 0 Å². The molecule has 0 aromatic carbocycles. The van der Waals surface area contributed by atoms with E-state index >= 15 is 0 Å². The zero-order valence-electron chi connectivity index (χ0n) is 12.3. The first-order valence-electron chi connectivity index (χ1n) is 7.10. The highest BCUT2D eigenvalue weighted by molar-refractivity contribution is 5.14. The standard InChI is InChI=1S/C16H30O/c1-7-16(6)11-14(17)13(3)15(4,5)10-8-9-12(16)2/h12,14,17H,3,7-11H2,1-2,4-6H3/t12-,14+,16+/m1/s1. The van der Waals surface area contributed by atoms with Crippen molar-refractivity contribution >= 4 is 0 Å². The van der Waals surface area contributed by atoms with Crippen molar-refractivity contribution in [2.24, 2.45) is 16.7 Å². The molecular weight excluding hydrogens is 208 g/mol. The Labute approximate surface area is 107 Å². The number of aliphatic hydroxyl groups is 1. The van der Waals surface area contributed by atoms with E-state index in [1.165, 1.54) is 12.8 Å². The number of rotatable bonds is 1. The van der Waals surface area contributed by atoms with Gasteiger partial charge >= 0.3 is 0 Å². The molecule has 1 rings (SSSR count). The minimum absolute atomic E-state index is 0.0815. The molecule has 0 aliphatic heterocycles. The predicted molar refractivity (Wildman–Crippen MR) is 75.0 cm³/mol. The van der Waals surface area contributed by atoms with Crippen LogP contribution in [0.3, 0.4) is 0 Å². The molecule has 0 unspecified atom stereocenters. The summed E-state index contributed by atoms with van der Waals surface area (Å²) in [5.74, 6) is 0.684. The third-order valence-corrected chi connectivity index (χ3v) is 5.37. The van der Waals surface area contributed by atoms with Gasteiger partial charge in [-0.1, -0.05) is 60.5 Å². The molecule has 3 atom stereocenters. The highest BCUT2D eigenvalue weighted by Crippen LogP contribution is 2.45. The molecule has 0 bridgehead atoms. The van der Waals surface area contributed by atoms with Crippen molar-refractivity contribution in [1.82, 2.24) is 0 Å². The number of aliphatic hydroxyl groups excluding tert-OH is 1. The molecule has 0 aromatic rings.